The first-order chi connectivity index (χ1) is 12.8. The number of rotatable bonds is 6. The molecule has 2 saturated carbocycles. The van der Waals surface area contributed by atoms with Gasteiger partial charge in [0.2, 0.25) is 0 Å². The predicted octanol–water partition coefficient (Wildman–Crippen LogP) is 3.92. The summed E-state index contributed by atoms with van der Waals surface area (Å²) in [5.74, 6) is 0.939. The van der Waals surface area contributed by atoms with Gasteiger partial charge in [0, 0.05) is 38.8 Å². The van der Waals surface area contributed by atoms with Crippen LogP contribution in [-0.4, -0.2) is 62.3 Å². The van der Waals surface area contributed by atoms with Gasteiger partial charge in [-0.3, -0.25) is 4.99 Å². The molecule has 0 amide bonds. The van der Waals surface area contributed by atoms with Gasteiger partial charge in [-0.25, -0.2) is 0 Å². The highest BCUT2D eigenvalue weighted by molar-refractivity contribution is 14.0. The molecule has 1 heterocycles. The Morgan fingerprint density at radius 1 is 0.926 bits per heavy atom. The predicted molar refractivity (Wildman–Crippen MR) is 124 cm³/mol. The molecule has 0 spiro atoms. The van der Waals surface area contributed by atoms with E-state index in [0.717, 1.165) is 25.2 Å². The average molecular weight is 492 g/mol. The number of halogens is 1. The normalized spacial score (nSPS) is 24.4. The number of hydrogen-bond donors (Lipinski definition) is 2. The van der Waals surface area contributed by atoms with Crippen molar-refractivity contribution in [1.82, 2.24) is 15.5 Å². The van der Waals surface area contributed by atoms with Gasteiger partial charge in [0.25, 0.3) is 0 Å². The van der Waals surface area contributed by atoms with E-state index in [4.69, 9.17) is 4.74 Å². The van der Waals surface area contributed by atoms with Crippen LogP contribution in [0.1, 0.15) is 77.0 Å². The fourth-order valence-electron chi connectivity index (χ4n) is 4.87. The summed E-state index contributed by atoms with van der Waals surface area (Å²) in [5, 5.41) is 7.06. The van der Waals surface area contributed by atoms with Gasteiger partial charge in [-0.05, 0) is 38.5 Å². The first-order valence-corrected chi connectivity index (χ1v) is 11.2. The highest BCUT2D eigenvalue weighted by Gasteiger charge is 2.27. The maximum absolute atomic E-state index is 6.07. The Kier molecular flexibility index (Phi) is 11.3. The largest absolute Gasteiger partial charge is 0.376 e. The van der Waals surface area contributed by atoms with E-state index in [2.05, 4.69) is 20.5 Å². The molecule has 6 heteroatoms. The number of ether oxygens (including phenoxy) is 1. The molecule has 1 saturated heterocycles. The zero-order valence-corrected chi connectivity index (χ0v) is 19.6. The number of guanidine groups is 1. The van der Waals surface area contributed by atoms with Crippen molar-refractivity contribution in [3.63, 3.8) is 0 Å². The summed E-state index contributed by atoms with van der Waals surface area (Å²) in [5.41, 5.74) is 0. The van der Waals surface area contributed by atoms with Crippen LogP contribution in [0.4, 0.5) is 0 Å². The van der Waals surface area contributed by atoms with Crippen LogP contribution in [-0.2, 0) is 4.74 Å². The van der Waals surface area contributed by atoms with Crippen LogP contribution >= 0.6 is 24.0 Å². The fraction of sp³-hybridized carbons (Fsp3) is 0.952. The van der Waals surface area contributed by atoms with Crippen LogP contribution < -0.4 is 10.6 Å². The molecule has 27 heavy (non-hydrogen) atoms. The molecule has 0 aromatic carbocycles. The minimum absolute atomic E-state index is 0. The quantitative estimate of drug-likeness (QED) is 0.194. The first-order valence-electron chi connectivity index (χ1n) is 11.2. The second-order valence-corrected chi connectivity index (χ2v) is 8.38. The van der Waals surface area contributed by atoms with Crippen LogP contribution in [0.5, 0.6) is 0 Å². The number of nitrogens with one attached hydrogen (secondary N) is 2. The van der Waals surface area contributed by atoms with Crippen LogP contribution in [0.15, 0.2) is 4.99 Å². The summed E-state index contributed by atoms with van der Waals surface area (Å²) in [6.07, 6.45) is 16.6. The van der Waals surface area contributed by atoms with Crippen molar-refractivity contribution in [3.05, 3.63) is 0 Å². The minimum Gasteiger partial charge on any atom is -0.376 e. The third-order valence-corrected chi connectivity index (χ3v) is 6.49. The lowest BCUT2D eigenvalue weighted by molar-refractivity contribution is 0.0467. The molecule has 0 atom stereocenters. The number of aliphatic imine (C=N–C) groups is 1. The van der Waals surface area contributed by atoms with Gasteiger partial charge < -0.3 is 20.3 Å². The minimum atomic E-state index is 0. The molecule has 2 N–H and O–H groups in total. The van der Waals surface area contributed by atoms with E-state index in [1.165, 1.54) is 90.1 Å². The van der Waals surface area contributed by atoms with Crippen molar-refractivity contribution in [1.29, 1.82) is 0 Å². The third-order valence-electron chi connectivity index (χ3n) is 6.49. The lowest BCUT2D eigenvalue weighted by Crippen LogP contribution is -2.50. The second-order valence-electron chi connectivity index (χ2n) is 8.38. The van der Waals surface area contributed by atoms with E-state index < -0.39 is 0 Å². The number of likely N-dealkylation sites (tertiary alicyclic amines) is 1. The Morgan fingerprint density at radius 2 is 1.56 bits per heavy atom. The van der Waals surface area contributed by atoms with Crippen LogP contribution in [0.3, 0.4) is 0 Å². The molecule has 0 aromatic heterocycles. The zero-order chi connectivity index (χ0) is 18.0. The Labute approximate surface area is 183 Å². The summed E-state index contributed by atoms with van der Waals surface area (Å²) in [6, 6.07) is 1.43. The van der Waals surface area contributed by atoms with Crippen molar-refractivity contribution >= 4 is 29.9 Å². The van der Waals surface area contributed by atoms with Crippen molar-refractivity contribution in [2.45, 2.75) is 95.2 Å². The molecule has 3 rings (SSSR count). The van der Waals surface area contributed by atoms with E-state index in [-0.39, 0.29) is 24.0 Å². The van der Waals surface area contributed by atoms with Gasteiger partial charge in [0.05, 0.1) is 12.7 Å². The number of nitrogens with zero attached hydrogens (tertiary/aromatic N) is 2. The maximum Gasteiger partial charge on any atom is 0.191 e. The van der Waals surface area contributed by atoms with E-state index in [1.807, 2.05) is 7.05 Å². The first kappa shape index (κ1) is 23.2. The smallest absolute Gasteiger partial charge is 0.191 e. The Morgan fingerprint density at radius 3 is 2.19 bits per heavy atom. The zero-order valence-electron chi connectivity index (χ0n) is 17.3. The lowest BCUT2D eigenvalue weighted by Gasteiger charge is -2.36. The van der Waals surface area contributed by atoms with E-state index in [1.54, 1.807) is 0 Å². The summed E-state index contributed by atoms with van der Waals surface area (Å²) < 4.78 is 6.07. The van der Waals surface area contributed by atoms with Crippen LogP contribution in [0, 0.1) is 0 Å². The third kappa shape index (κ3) is 8.05. The fourth-order valence-corrected chi connectivity index (χ4v) is 4.87. The second kappa shape index (κ2) is 13.2. The van der Waals surface area contributed by atoms with Crippen LogP contribution in [0.2, 0.25) is 0 Å². The molecule has 0 bridgehead atoms. The van der Waals surface area contributed by atoms with Crippen LogP contribution in [0.25, 0.3) is 0 Å². The molecular formula is C21H41IN4O. The topological polar surface area (TPSA) is 48.9 Å². The Bertz CT molecular complexity index is 412. The molecule has 3 fully saturated rings. The van der Waals surface area contributed by atoms with Gasteiger partial charge >= 0.3 is 0 Å². The van der Waals surface area contributed by atoms with Gasteiger partial charge in [-0.15, -0.1) is 24.0 Å². The van der Waals surface area contributed by atoms with Crippen molar-refractivity contribution in [3.8, 4) is 0 Å². The van der Waals surface area contributed by atoms with E-state index in [9.17, 15) is 0 Å². The standard InChI is InChI=1S/C21H40N4O.HI/c1-22-21(23-14-17-26-20-10-4-2-3-5-11-20)24-18-12-15-25(16-13-18)19-8-6-7-9-19;/h18-20H,2-17H2,1H3,(H2,22,23,24);1H. The summed E-state index contributed by atoms with van der Waals surface area (Å²) >= 11 is 0. The Hall–Kier alpha value is -0.0800. The van der Waals surface area contributed by atoms with Crippen molar-refractivity contribution in [2.75, 3.05) is 33.3 Å². The highest BCUT2D eigenvalue weighted by atomic mass is 127. The summed E-state index contributed by atoms with van der Waals surface area (Å²) in [4.78, 5) is 7.13. The molecule has 2 aliphatic carbocycles. The average Bonchev–Trinajstić information content (AvgIpc) is 3.09. The molecule has 5 nitrogen and oxygen atoms in total. The monoisotopic (exact) mass is 492 g/mol. The highest BCUT2D eigenvalue weighted by Crippen LogP contribution is 2.26. The summed E-state index contributed by atoms with van der Waals surface area (Å²) in [7, 11) is 1.87. The van der Waals surface area contributed by atoms with E-state index in [0.29, 0.717) is 12.1 Å². The molecule has 3 aliphatic rings. The van der Waals surface area contributed by atoms with Gasteiger partial charge in [-0.2, -0.15) is 0 Å². The molecule has 1 aliphatic heterocycles. The molecule has 0 aromatic rings. The summed E-state index contributed by atoms with van der Waals surface area (Å²) in [6.45, 7) is 4.11. The SMILES string of the molecule is CN=C(NCCOC1CCCCCC1)NC1CCN(C2CCCC2)CC1.I. The van der Waals surface area contributed by atoms with Crippen molar-refractivity contribution in [2.24, 2.45) is 4.99 Å². The molecule has 0 radical (unpaired) electrons. The Balaban J connectivity index is 0.00000261. The van der Waals surface area contributed by atoms with Gasteiger partial charge in [-0.1, -0.05) is 38.5 Å². The van der Waals surface area contributed by atoms with Crippen molar-refractivity contribution < 1.29 is 4.74 Å². The number of hydrogen-bond acceptors (Lipinski definition) is 3. The van der Waals surface area contributed by atoms with Gasteiger partial charge in [0.15, 0.2) is 5.96 Å². The van der Waals surface area contributed by atoms with Gasteiger partial charge in [0.1, 0.15) is 0 Å². The molecule has 158 valence electrons. The molecule has 0 unspecified atom stereocenters. The number of piperidine rings is 1. The lowest BCUT2D eigenvalue weighted by atomic mass is 10.0. The van der Waals surface area contributed by atoms with E-state index >= 15 is 0 Å². The maximum atomic E-state index is 6.07. The molecular weight excluding hydrogens is 451 g/mol.